The smallest absolute Gasteiger partial charge is 0.278 e. The number of rotatable bonds is 3. The Morgan fingerprint density at radius 2 is 2.09 bits per heavy atom. The summed E-state index contributed by atoms with van der Waals surface area (Å²) in [7, 11) is 0. The number of nitrogens with zero attached hydrogens (tertiary/aromatic N) is 2. The van der Waals surface area contributed by atoms with Gasteiger partial charge in [-0.2, -0.15) is 5.10 Å². The number of hydrogen-bond acceptors (Lipinski definition) is 3. The zero-order valence-electron chi connectivity index (χ0n) is 13.5. The zero-order valence-corrected chi connectivity index (χ0v) is 13.5. The number of carbonyl (C=O) groups is 1. The second kappa shape index (κ2) is 5.41. The Kier molecular flexibility index (Phi) is 3.36. The first-order valence-electron chi connectivity index (χ1n) is 8.36. The van der Waals surface area contributed by atoms with Crippen LogP contribution in [0.15, 0.2) is 30.3 Å². The van der Waals surface area contributed by atoms with Gasteiger partial charge in [0.15, 0.2) is 5.69 Å². The van der Waals surface area contributed by atoms with Gasteiger partial charge in [0.2, 0.25) is 0 Å². The maximum Gasteiger partial charge on any atom is 0.278 e. The number of amides is 1. The van der Waals surface area contributed by atoms with E-state index in [2.05, 4.69) is 29.4 Å². The van der Waals surface area contributed by atoms with Gasteiger partial charge in [0.1, 0.15) is 0 Å². The fourth-order valence-electron chi connectivity index (χ4n) is 3.13. The van der Waals surface area contributed by atoms with Gasteiger partial charge in [-0.25, -0.2) is 0 Å². The van der Waals surface area contributed by atoms with Crippen molar-refractivity contribution < 1.29 is 4.79 Å². The first-order valence-corrected chi connectivity index (χ1v) is 8.36. The Bertz CT molecular complexity index is 732. The number of aromatic nitrogens is 2. The molecule has 1 saturated carbocycles. The number of aromatic amines is 1. The molecule has 23 heavy (non-hydrogen) atoms. The summed E-state index contributed by atoms with van der Waals surface area (Å²) in [5.41, 5.74) is 3.57. The van der Waals surface area contributed by atoms with Crippen molar-refractivity contribution >= 4 is 17.3 Å². The van der Waals surface area contributed by atoms with Crippen LogP contribution >= 0.6 is 0 Å². The van der Waals surface area contributed by atoms with E-state index in [0.29, 0.717) is 24.1 Å². The maximum absolute atomic E-state index is 13.0. The summed E-state index contributed by atoms with van der Waals surface area (Å²) < 4.78 is 0. The van der Waals surface area contributed by atoms with E-state index in [1.807, 2.05) is 35.2 Å². The molecule has 120 valence electrons. The molecule has 0 bridgehead atoms. The molecule has 1 fully saturated rings. The topological polar surface area (TPSA) is 61.0 Å². The molecule has 5 nitrogen and oxygen atoms in total. The molecule has 4 rings (SSSR count). The molecule has 2 heterocycles. The summed E-state index contributed by atoms with van der Waals surface area (Å²) in [6.45, 7) is 5.02. The van der Waals surface area contributed by atoms with Crippen LogP contribution in [0.25, 0.3) is 0 Å². The van der Waals surface area contributed by atoms with E-state index in [1.54, 1.807) is 0 Å². The van der Waals surface area contributed by atoms with Crippen LogP contribution in [-0.4, -0.2) is 28.7 Å². The second-order valence-corrected chi connectivity index (χ2v) is 6.91. The van der Waals surface area contributed by atoms with Crippen LogP contribution in [0.4, 0.5) is 11.4 Å². The molecule has 2 aromatic rings. The number of fused-ring (bicyclic) bond motifs is 1. The van der Waals surface area contributed by atoms with Crippen molar-refractivity contribution in [3.05, 3.63) is 41.7 Å². The molecule has 1 aliphatic carbocycles. The summed E-state index contributed by atoms with van der Waals surface area (Å²) in [4.78, 5) is 14.9. The monoisotopic (exact) mass is 310 g/mol. The molecule has 1 atom stereocenters. The van der Waals surface area contributed by atoms with Crippen molar-refractivity contribution in [3.63, 3.8) is 0 Å². The van der Waals surface area contributed by atoms with E-state index in [-0.39, 0.29) is 11.9 Å². The molecule has 2 aliphatic rings. The molecule has 1 amide bonds. The van der Waals surface area contributed by atoms with E-state index >= 15 is 0 Å². The van der Waals surface area contributed by atoms with Crippen molar-refractivity contribution in [2.75, 3.05) is 16.8 Å². The first-order chi connectivity index (χ1) is 11.1. The number of anilines is 2. The standard InChI is InChI=1S/C18H22N4O/c1-11(2)16-10-22(17-6-4-3-5-13(17)19-16)18(23)15-9-14(20-21-15)12-7-8-12/h3-6,9,11-12,16,19H,7-8,10H2,1-2H3,(H,20,21). The quantitative estimate of drug-likeness (QED) is 0.913. The minimum atomic E-state index is -0.0206. The number of benzene rings is 1. The summed E-state index contributed by atoms with van der Waals surface area (Å²) in [6.07, 6.45) is 2.39. The van der Waals surface area contributed by atoms with Gasteiger partial charge in [-0.15, -0.1) is 0 Å². The van der Waals surface area contributed by atoms with Crippen LogP contribution in [0.3, 0.4) is 0 Å². The van der Waals surface area contributed by atoms with Crippen LogP contribution in [0.1, 0.15) is 48.8 Å². The van der Waals surface area contributed by atoms with Gasteiger partial charge in [0.25, 0.3) is 5.91 Å². The number of para-hydroxylation sites is 2. The van der Waals surface area contributed by atoms with Gasteiger partial charge >= 0.3 is 0 Å². The Morgan fingerprint density at radius 3 is 2.83 bits per heavy atom. The lowest BCUT2D eigenvalue weighted by Gasteiger charge is -2.37. The van der Waals surface area contributed by atoms with Gasteiger partial charge in [-0.3, -0.25) is 9.89 Å². The Balaban J connectivity index is 1.66. The minimum Gasteiger partial charge on any atom is -0.379 e. The van der Waals surface area contributed by atoms with E-state index in [4.69, 9.17) is 0 Å². The van der Waals surface area contributed by atoms with Crippen molar-refractivity contribution in [1.82, 2.24) is 10.2 Å². The zero-order chi connectivity index (χ0) is 16.0. The maximum atomic E-state index is 13.0. The number of hydrogen-bond donors (Lipinski definition) is 2. The highest BCUT2D eigenvalue weighted by atomic mass is 16.2. The molecule has 1 aliphatic heterocycles. The van der Waals surface area contributed by atoms with Gasteiger partial charge < -0.3 is 10.2 Å². The predicted molar refractivity (Wildman–Crippen MR) is 90.9 cm³/mol. The average molecular weight is 310 g/mol. The molecule has 1 unspecified atom stereocenters. The molecule has 0 saturated heterocycles. The number of H-pyrrole nitrogens is 1. The van der Waals surface area contributed by atoms with Crippen molar-refractivity contribution in [2.45, 2.75) is 38.6 Å². The fraction of sp³-hybridized carbons (Fsp3) is 0.444. The Labute approximate surface area is 136 Å². The molecule has 1 aromatic heterocycles. The Hall–Kier alpha value is -2.30. The van der Waals surface area contributed by atoms with Crippen molar-refractivity contribution in [3.8, 4) is 0 Å². The number of nitrogens with one attached hydrogen (secondary N) is 2. The second-order valence-electron chi connectivity index (χ2n) is 6.91. The largest absolute Gasteiger partial charge is 0.379 e. The fourth-order valence-corrected chi connectivity index (χ4v) is 3.13. The lowest BCUT2D eigenvalue weighted by molar-refractivity contribution is 0.0979. The Morgan fingerprint density at radius 1 is 1.30 bits per heavy atom. The first kappa shape index (κ1) is 14.3. The highest BCUT2D eigenvalue weighted by molar-refractivity contribution is 6.07. The van der Waals surface area contributed by atoms with Crippen LogP contribution in [0.5, 0.6) is 0 Å². The van der Waals surface area contributed by atoms with Crippen molar-refractivity contribution in [2.24, 2.45) is 5.92 Å². The normalized spacial score (nSPS) is 20.3. The molecule has 1 aromatic carbocycles. The van der Waals surface area contributed by atoms with E-state index in [9.17, 15) is 4.79 Å². The third-order valence-electron chi connectivity index (χ3n) is 4.80. The molecule has 0 spiro atoms. The van der Waals surface area contributed by atoms with Crippen LogP contribution in [0.2, 0.25) is 0 Å². The molecule has 2 N–H and O–H groups in total. The van der Waals surface area contributed by atoms with Crippen molar-refractivity contribution in [1.29, 1.82) is 0 Å². The lowest BCUT2D eigenvalue weighted by Crippen LogP contribution is -2.47. The summed E-state index contributed by atoms with van der Waals surface area (Å²) in [5, 5.41) is 10.8. The SMILES string of the molecule is CC(C)C1CN(C(=O)c2cc(C3CC3)[nH]n2)c2ccccc2N1. The average Bonchev–Trinajstić information content (AvgIpc) is 3.30. The molecular formula is C18H22N4O. The third-order valence-corrected chi connectivity index (χ3v) is 4.80. The summed E-state index contributed by atoms with van der Waals surface area (Å²) >= 11 is 0. The minimum absolute atomic E-state index is 0.0206. The van der Waals surface area contributed by atoms with Crippen LogP contribution in [-0.2, 0) is 0 Å². The molecule has 0 radical (unpaired) electrons. The van der Waals surface area contributed by atoms with Crippen LogP contribution in [0, 0.1) is 5.92 Å². The van der Waals surface area contributed by atoms with Gasteiger partial charge in [0, 0.05) is 24.2 Å². The highest BCUT2D eigenvalue weighted by Gasteiger charge is 2.32. The van der Waals surface area contributed by atoms with Gasteiger partial charge in [0.05, 0.1) is 11.4 Å². The van der Waals surface area contributed by atoms with E-state index in [0.717, 1.165) is 17.1 Å². The van der Waals surface area contributed by atoms with Gasteiger partial charge in [-0.05, 0) is 37.0 Å². The molecule has 5 heteroatoms. The highest BCUT2D eigenvalue weighted by Crippen LogP contribution is 2.39. The number of carbonyl (C=O) groups excluding carboxylic acids is 1. The lowest BCUT2D eigenvalue weighted by atomic mass is 9.99. The van der Waals surface area contributed by atoms with E-state index < -0.39 is 0 Å². The van der Waals surface area contributed by atoms with E-state index in [1.165, 1.54) is 12.8 Å². The third kappa shape index (κ3) is 2.60. The van der Waals surface area contributed by atoms with Gasteiger partial charge in [-0.1, -0.05) is 26.0 Å². The molecular weight excluding hydrogens is 288 g/mol. The predicted octanol–water partition coefficient (Wildman–Crippen LogP) is 3.38. The van der Waals surface area contributed by atoms with Crippen LogP contribution < -0.4 is 10.2 Å². The summed E-state index contributed by atoms with van der Waals surface area (Å²) in [6, 6.07) is 10.2. The summed E-state index contributed by atoms with van der Waals surface area (Å²) in [5.74, 6) is 0.996.